The van der Waals surface area contributed by atoms with Gasteiger partial charge in [-0.25, -0.2) is 9.48 Å². The molecule has 3 aromatic heterocycles. The lowest BCUT2D eigenvalue weighted by Crippen LogP contribution is -2.17. The predicted octanol–water partition coefficient (Wildman–Crippen LogP) is 2.98. The Bertz CT molecular complexity index is 1340. The SMILES string of the molecule is O=C(Oc1ccc(-n2cnnn2)cc1)/C(=C/c1cccs1)n1nnnc1-c1ccccc1. The van der Waals surface area contributed by atoms with E-state index in [0.717, 1.165) is 16.1 Å². The second kappa shape index (κ2) is 8.70. The third-order valence-electron chi connectivity index (χ3n) is 4.42. The Kier molecular flexibility index (Phi) is 5.29. The van der Waals surface area contributed by atoms with Crippen molar-refractivity contribution in [1.82, 2.24) is 40.4 Å². The molecular weight excluding hydrogens is 428 g/mol. The summed E-state index contributed by atoms with van der Waals surface area (Å²) in [7, 11) is 0. The smallest absolute Gasteiger partial charge is 0.362 e. The number of hydrogen-bond donors (Lipinski definition) is 0. The van der Waals surface area contributed by atoms with Crippen LogP contribution in [0, 0.1) is 0 Å². The van der Waals surface area contributed by atoms with Crippen LogP contribution in [0.4, 0.5) is 0 Å². The molecule has 32 heavy (non-hydrogen) atoms. The number of hydrogen-bond acceptors (Lipinski definition) is 9. The Morgan fingerprint density at radius 3 is 2.50 bits per heavy atom. The number of esters is 1. The van der Waals surface area contributed by atoms with Gasteiger partial charge in [0.2, 0.25) is 0 Å². The van der Waals surface area contributed by atoms with Gasteiger partial charge in [0.25, 0.3) is 0 Å². The summed E-state index contributed by atoms with van der Waals surface area (Å²) in [5.41, 5.74) is 1.69. The maximum Gasteiger partial charge on any atom is 0.362 e. The van der Waals surface area contributed by atoms with Crippen molar-refractivity contribution < 1.29 is 9.53 Å². The molecular formula is C21H14N8O2S. The maximum absolute atomic E-state index is 13.2. The fourth-order valence-electron chi connectivity index (χ4n) is 2.94. The topological polar surface area (TPSA) is 114 Å². The van der Waals surface area contributed by atoms with E-state index in [1.807, 2.05) is 47.8 Å². The molecule has 0 atom stereocenters. The summed E-state index contributed by atoms with van der Waals surface area (Å²) in [5.74, 6) is 0.190. The molecule has 0 bridgehead atoms. The average Bonchev–Trinajstić information content (AvgIpc) is 3.61. The Labute approximate surface area is 185 Å². The fraction of sp³-hybridized carbons (Fsp3) is 0. The summed E-state index contributed by atoms with van der Waals surface area (Å²) in [4.78, 5) is 14.1. The number of aromatic nitrogens is 8. The van der Waals surface area contributed by atoms with E-state index in [-0.39, 0.29) is 5.70 Å². The van der Waals surface area contributed by atoms with Crippen molar-refractivity contribution in [3.63, 3.8) is 0 Å². The van der Waals surface area contributed by atoms with Crippen LogP contribution in [0.25, 0.3) is 28.8 Å². The molecule has 156 valence electrons. The monoisotopic (exact) mass is 442 g/mol. The number of benzene rings is 2. The number of tetrazole rings is 2. The molecule has 3 heterocycles. The average molecular weight is 442 g/mol. The number of nitrogens with zero attached hydrogens (tertiary/aromatic N) is 8. The van der Waals surface area contributed by atoms with E-state index in [2.05, 4.69) is 31.1 Å². The fourth-order valence-corrected chi connectivity index (χ4v) is 3.59. The van der Waals surface area contributed by atoms with Crippen LogP contribution in [0.5, 0.6) is 5.75 Å². The van der Waals surface area contributed by atoms with E-state index in [1.54, 1.807) is 30.3 Å². The third kappa shape index (κ3) is 4.04. The quantitative estimate of drug-likeness (QED) is 0.224. The third-order valence-corrected chi connectivity index (χ3v) is 5.24. The van der Waals surface area contributed by atoms with Crippen molar-refractivity contribution in [1.29, 1.82) is 0 Å². The lowest BCUT2D eigenvalue weighted by Gasteiger charge is -2.10. The van der Waals surface area contributed by atoms with Crippen LogP contribution in [-0.2, 0) is 4.79 Å². The number of ether oxygens (including phenoxy) is 1. The molecule has 0 aliphatic rings. The summed E-state index contributed by atoms with van der Waals surface area (Å²) < 4.78 is 8.52. The standard InChI is InChI=1S/C21H14N8O2S/c30-21(31-17-10-8-16(9-11-17)28-14-22-24-26-28)19(13-18-7-4-12-32-18)29-20(23-25-27-29)15-5-2-1-3-6-15/h1-14H/b19-13-. The van der Waals surface area contributed by atoms with Gasteiger partial charge in [-0.15, -0.1) is 21.5 Å². The van der Waals surface area contributed by atoms with Gasteiger partial charge in [0.15, 0.2) is 11.5 Å². The molecule has 10 nitrogen and oxygen atoms in total. The Hall–Kier alpha value is -4.51. The van der Waals surface area contributed by atoms with Gasteiger partial charge < -0.3 is 4.74 Å². The molecule has 0 spiro atoms. The van der Waals surface area contributed by atoms with E-state index < -0.39 is 5.97 Å². The summed E-state index contributed by atoms with van der Waals surface area (Å²) in [6.45, 7) is 0. The highest BCUT2D eigenvalue weighted by Gasteiger charge is 2.21. The molecule has 0 radical (unpaired) electrons. The van der Waals surface area contributed by atoms with Crippen LogP contribution in [-0.4, -0.2) is 46.4 Å². The van der Waals surface area contributed by atoms with Crippen molar-refractivity contribution in [2.75, 3.05) is 0 Å². The van der Waals surface area contributed by atoms with E-state index in [4.69, 9.17) is 4.74 Å². The second-order valence-electron chi connectivity index (χ2n) is 6.46. The van der Waals surface area contributed by atoms with Crippen LogP contribution in [0.15, 0.2) is 78.4 Å². The van der Waals surface area contributed by atoms with Gasteiger partial charge in [-0.1, -0.05) is 36.4 Å². The molecule has 11 heteroatoms. The minimum absolute atomic E-state index is 0.181. The first-order valence-corrected chi connectivity index (χ1v) is 10.3. The lowest BCUT2D eigenvalue weighted by molar-refractivity contribution is -0.128. The first-order chi connectivity index (χ1) is 15.8. The highest BCUT2D eigenvalue weighted by molar-refractivity contribution is 7.10. The second-order valence-corrected chi connectivity index (χ2v) is 7.44. The van der Waals surface area contributed by atoms with E-state index in [1.165, 1.54) is 27.0 Å². The van der Waals surface area contributed by atoms with Crippen LogP contribution >= 0.6 is 11.3 Å². The molecule has 2 aromatic carbocycles. The van der Waals surface area contributed by atoms with Crippen LogP contribution in [0.3, 0.4) is 0 Å². The van der Waals surface area contributed by atoms with Crippen molar-refractivity contribution in [3.8, 4) is 22.8 Å². The van der Waals surface area contributed by atoms with E-state index >= 15 is 0 Å². The van der Waals surface area contributed by atoms with Crippen molar-refractivity contribution in [2.24, 2.45) is 0 Å². The molecule has 0 fully saturated rings. The zero-order chi connectivity index (χ0) is 21.8. The van der Waals surface area contributed by atoms with Crippen LogP contribution in [0.2, 0.25) is 0 Å². The molecule has 0 amide bonds. The van der Waals surface area contributed by atoms with Gasteiger partial charge in [0.1, 0.15) is 12.1 Å². The minimum atomic E-state index is -0.599. The lowest BCUT2D eigenvalue weighted by atomic mass is 10.2. The van der Waals surface area contributed by atoms with Gasteiger partial charge in [-0.3, -0.25) is 0 Å². The summed E-state index contributed by atoms with van der Waals surface area (Å²) in [6, 6.07) is 20.0. The molecule has 0 aliphatic heterocycles. The molecule has 5 aromatic rings. The van der Waals surface area contributed by atoms with Crippen LogP contribution < -0.4 is 4.74 Å². The summed E-state index contributed by atoms with van der Waals surface area (Å²) in [6.07, 6.45) is 3.18. The normalized spacial score (nSPS) is 11.4. The van der Waals surface area contributed by atoms with Crippen LogP contribution in [0.1, 0.15) is 4.88 Å². The van der Waals surface area contributed by atoms with Gasteiger partial charge >= 0.3 is 5.97 Å². The Morgan fingerprint density at radius 1 is 0.938 bits per heavy atom. The molecule has 0 saturated carbocycles. The highest BCUT2D eigenvalue weighted by atomic mass is 32.1. The molecule has 0 saturated heterocycles. The predicted molar refractivity (Wildman–Crippen MR) is 117 cm³/mol. The van der Waals surface area contributed by atoms with E-state index in [9.17, 15) is 4.79 Å². The summed E-state index contributed by atoms with van der Waals surface area (Å²) >= 11 is 1.49. The molecule has 5 rings (SSSR count). The maximum atomic E-state index is 13.2. The number of thiophene rings is 1. The highest BCUT2D eigenvalue weighted by Crippen LogP contribution is 2.24. The van der Waals surface area contributed by atoms with Gasteiger partial charge in [0, 0.05) is 10.4 Å². The Morgan fingerprint density at radius 2 is 1.78 bits per heavy atom. The van der Waals surface area contributed by atoms with Gasteiger partial charge in [0.05, 0.1) is 5.69 Å². The molecule has 0 aliphatic carbocycles. The Balaban J connectivity index is 1.47. The number of rotatable bonds is 6. The van der Waals surface area contributed by atoms with Gasteiger partial charge in [-0.05, 0) is 62.6 Å². The summed E-state index contributed by atoms with van der Waals surface area (Å²) in [5, 5.41) is 24.9. The molecule has 0 unspecified atom stereocenters. The first-order valence-electron chi connectivity index (χ1n) is 9.43. The zero-order valence-electron chi connectivity index (χ0n) is 16.4. The number of carbonyl (C=O) groups is 1. The van der Waals surface area contributed by atoms with Gasteiger partial charge in [-0.2, -0.15) is 4.68 Å². The van der Waals surface area contributed by atoms with Crippen molar-refractivity contribution >= 4 is 29.1 Å². The number of carbonyl (C=O) groups excluding carboxylic acids is 1. The van der Waals surface area contributed by atoms with Crippen molar-refractivity contribution in [3.05, 3.63) is 83.3 Å². The van der Waals surface area contributed by atoms with Crippen molar-refractivity contribution in [2.45, 2.75) is 0 Å². The largest absolute Gasteiger partial charge is 0.422 e. The molecule has 0 N–H and O–H groups in total. The first kappa shape index (κ1) is 19.5. The van der Waals surface area contributed by atoms with E-state index in [0.29, 0.717) is 11.6 Å². The zero-order valence-corrected chi connectivity index (χ0v) is 17.2. The minimum Gasteiger partial charge on any atom is -0.422 e.